The van der Waals surface area contributed by atoms with E-state index >= 15 is 0 Å². The molecule has 0 saturated heterocycles. The summed E-state index contributed by atoms with van der Waals surface area (Å²) in [7, 11) is 0. The van der Waals surface area contributed by atoms with E-state index in [2.05, 4.69) is 17.2 Å². The van der Waals surface area contributed by atoms with Gasteiger partial charge in [-0.2, -0.15) is 0 Å². The summed E-state index contributed by atoms with van der Waals surface area (Å²) in [5, 5.41) is 11.4. The molecule has 0 rings (SSSR count). The summed E-state index contributed by atoms with van der Waals surface area (Å²) in [6.45, 7) is 4.00. The number of aliphatic carboxylic acids is 1. The molecule has 1 atom stereocenters. The molecule has 0 aliphatic carbocycles. The van der Waals surface area contributed by atoms with Crippen molar-refractivity contribution in [2.45, 2.75) is 26.3 Å². The number of nitrogens with one attached hydrogen (secondary N) is 1. The summed E-state index contributed by atoms with van der Waals surface area (Å²) < 4.78 is 0. The topological polar surface area (TPSA) is 49.3 Å². The largest absolute Gasteiger partial charge is 0.480 e. The first kappa shape index (κ1) is 9.99. The van der Waals surface area contributed by atoms with Gasteiger partial charge in [0.15, 0.2) is 0 Å². The number of rotatable bonds is 4. The molecule has 0 bridgehead atoms. The highest BCUT2D eigenvalue weighted by Gasteiger charge is 2.11. The molecule has 0 aliphatic rings. The van der Waals surface area contributed by atoms with Gasteiger partial charge in [-0.3, -0.25) is 10.1 Å². The van der Waals surface area contributed by atoms with Crippen molar-refractivity contribution in [2.24, 2.45) is 0 Å². The number of carboxylic acids is 1. The molecule has 3 heteroatoms. The van der Waals surface area contributed by atoms with Crippen LogP contribution in [-0.2, 0) is 4.79 Å². The molecule has 0 amide bonds. The molecule has 0 aromatic heterocycles. The molecule has 11 heavy (non-hydrogen) atoms. The summed E-state index contributed by atoms with van der Waals surface area (Å²) in [5.41, 5.74) is 0. The number of carbonyl (C=O) groups is 1. The van der Waals surface area contributed by atoms with Crippen LogP contribution < -0.4 is 5.32 Å². The molecular weight excluding hydrogens is 142 g/mol. The van der Waals surface area contributed by atoms with Crippen LogP contribution in [0.1, 0.15) is 20.3 Å². The van der Waals surface area contributed by atoms with E-state index in [1.165, 1.54) is 0 Å². The van der Waals surface area contributed by atoms with E-state index in [1.807, 2.05) is 6.92 Å². The predicted octanol–water partition coefficient (Wildman–Crippen LogP) is 0.463. The molecule has 2 N–H and O–H groups in total. The maximum Gasteiger partial charge on any atom is 0.320 e. The van der Waals surface area contributed by atoms with Gasteiger partial charge in [0.2, 0.25) is 0 Å². The third-order valence-corrected chi connectivity index (χ3v) is 1.32. The molecule has 0 heterocycles. The van der Waals surface area contributed by atoms with Crippen molar-refractivity contribution < 1.29 is 9.90 Å². The lowest BCUT2D eigenvalue weighted by atomic mass is 10.2. The van der Waals surface area contributed by atoms with Gasteiger partial charge in [0, 0.05) is 0 Å². The second kappa shape index (κ2) is 5.75. The van der Waals surface area contributed by atoms with Gasteiger partial charge in [-0.25, -0.2) is 0 Å². The van der Waals surface area contributed by atoms with Crippen LogP contribution in [-0.4, -0.2) is 23.7 Å². The summed E-state index contributed by atoms with van der Waals surface area (Å²) in [5.74, 6) is 4.61. The van der Waals surface area contributed by atoms with E-state index in [0.717, 1.165) is 0 Å². The van der Waals surface area contributed by atoms with Crippen LogP contribution in [0.25, 0.3) is 0 Å². The minimum Gasteiger partial charge on any atom is -0.480 e. The van der Waals surface area contributed by atoms with Crippen molar-refractivity contribution in [3.8, 4) is 11.8 Å². The Bertz CT molecular complexity index is 178. The third-order valence-electron chi connectivity index (χ3n) is 1.32. The Morgan fingerprint density at radius 1 is 1.73 bits per heavy atom. The standard InChI is InChI=1S/C8H13NO2/c1-3-5-6-9-7(4-2)8(10)11/h7,9H,4,6H2,1-2H3,(H,10,11). The van der Waals surface area contributed by atoms with Crippen LogP contribution in [0, 0.1) is 11.8 Å². The number of hydrogen-bond acceptors (Lipinski definition) is 2. The molecule has 62 valence electrons. The Kier molecular flexibility index (Phi) is 5.22. The van der Waals surface area contributed by atoms with Crippen LogP contribution >= 0.6 is 0 Å². The second-order valence-corrected chi connectivity index (χ2v) is 2.11. The number of carboxylic acid groups (broad SMARTS) is 1. The average molecular weight is 155 g/mol. The molecule has 0 aliphatic heterocycles. The van der Waals surface area contributed by atoms with Crippen molar-refractivity contribution >= 4 is 5.97 Å². The normalized spacial score (nSPS) is 11.5. The van der Waals surface area contributed by atoms with Crippen molar-refractivity contribution in [1.29, 1.82) is 0 Å². The molecule has 3 nitrogen and oxygen atoms in total. The maximum absolute atomic E-state index is 10.4. The van der Waals surface area contributed by atoms with E-state index in [9.17, 15) is 4.79 Å². The van der Waals surface area contributed by atoms with Crippen molar-refractivity contribution in [1.82, 2.24) is 5.32 Å². The van der Waals surface area contributed by atoms with Gasteiger partial charge < -0.3 is 5.11 Å². The first-order chi connectivity index (χ1) is 5.22. The van der Waals surface area contributed by atoms with Gasteiger partial charge in [-0.05, 0) is 13.3 Å². The lowest BCUT2D eigenvalue weighted by Crippen LogP contribution is -2.36. The fraction of sp³-hybridized carbons (Fsp3) is 0.625. The lowest BCUT2D eigenvalue weighted by Gasteiger charge is -2.08. The van der Waals surface area contributed by atoms with Crippen molar-refractivity contribution in [2.75, 3.05) is 6.54 Å². The molecule has 0 saturated carbocycles. The Balaban J connectivity index is 3.67. The zero-order valence-electron chi connectivity index (χ0n) is 6.85. The van der Waals surface area contributed by atoms with E-state index in [0.29, 0.717) is 13.0 Å². The van der Waals surface area contributed by atoms with E-state index in [-0.39, 0.29) is 0 Å². The fourth-order valence-corrected chi connectivity index (χ4v) is 0.669. The van der Waals surface area contributed by atoms with Gasteiger partial charge in [0.05, 0.1) is 6.54 Å². The Morgan fingerprint density at radius 2 is 2.36 bits per heavy atom. The summed E-state index contributed by atoms with van der Waals surface area (Å²) in [6.07, 6.45) is 0.584. The average Bonchev–Trinajstić information content (AvgIpc) is 1.97. The molecule has 0 fully saturated rings. The summed E-state index contributed by atoms with van der Waals surface area (Å²) in [6, 6.07) is -0.462. The van der Waals surface area contributed by atoms with Crippen LogP contribution in [0.3, 0.4) is 0 Å². The fourth-order valence-electron chi connectivity index (χ4n) is 0.669. The Hall–Kier alpha value is -1.01. The third kappa shape index (κ3) is 4.40. The van der Waals surface area contributed by atoms with Crippen molar-refractivity contribution in [3.63, 3.8) is 0 Å². The SMILES string of the molecule is CC#CCNC(CC)C(=O)O. The van der Waals surface area contributed by atoms with Crippen LogP contribution in [0.15, 0.2) is 0 Å². The van der Waals surface area contributed by atoms with Crippen LogP contribution in [0.5, 0.6) is 0 Å². The Morgan fingerprint density at radius 3 is 2.73 bits per heavy atom. The van der Waals surface area contributed by atoms with Crippen LogP contribution in [0.2, 0.25) is 0 Å². The monoisotopic (exact) mass is 155 g/mol. The van der Waals surface area contributed by atoms with E-state index in [1.54, 1.807) is 6.92 Å². The summed E-state index contributed by atoms with van der Waals surface area (Å²) >= 11 is 0. The van der Waals surface area contributed by atoms with E-state index in [4.69, 9.17) is 5.11 Å². The molecule has 0 aromatic carbocycles. The smallest absolute Gasteiger partial charge is 0.320 e. The Labute approximate surface area is 66.8 Å². The maximum atomic E-state index is 10.4. The second-order valence-electron chi connectivity index (χ2n) is 2.11. The highest BCUT2D eigenvalue weighted by atomic mass is 16.4. The molecular formula is C8H13NO2. The highest BCUT2D eigenvalue weighted by Crippen LogP contribution is 1.88. The molecule has 1 unspecified atom stereocenters. The quantitative estimate of drug-likeness (QED) is 0.580. The lowest BCUT2D eigenvalue weighted by molar-refractivity contribution is -0.139. The first-order valence-corrected chi connectivity index (χ1v) is 3.58. The van der Waals surface area contributed by atoms with Gasteiger partial charge in [-0.15, -0.1) is 5.92 Å². The van der Waals surface area contributed by atoms with Crippen molar-refractivity contribution in [3.05, 3.63) is 0 Å². The van der Waals surface area contributed by atoms with Gasteiger partial charge >= 0.3 is 5.97 Å². The minimum absolute atomic E-state index is 0.446. The van der Waals surface area contributed by atoms with Crippen LogP contribution in [0.4, 0.5) is 0 Å². The summed E-state index contributed by atoms with van der Waals surface area (Å²) in [4.78, 5) is 10.4. The molecule has 0 spiro atoms. The van der Waals surface area contributed by atoms with Gasteiger partial charge in [0.1, 0.15) is 6.04 Å². The first-order valence-electron chi connectivity index (χ1n) is 3.58. The van der Waals surface area contributed by atoms with E-state index < -0.39 is 12.0 Å². The zero-order valence-corrected chi connectivity index (χ0v) is 6.85. The molecule has 0 radical (unpaired) electrons. The van der Waals surface area contributed by atoms with Gasteiger partial charge in [0.25, 0.3) is 0 Å². The number of hydrogen-bond donors (Lipinski definition) is 2. The highest BCUT2D eigenvalue weighted by molar-refractivity contribution is 5.73. The zero-order chi connectivity index (χ0) is 8.69. The minimum atomic E-state index is -0.814. The molecule has 0 aromatic rings. The van der Waals surface area contributed by atoms with Gasteiger partial charge in [-0.1, -0.05) is 12.8 Å². The predicted molar refractivity (Wildman–Crippen MR) is 43.2 cm³/mol.